The number of aryl methyl sites for hydroxylation is 1. The lowest BCUT2D eigenvalue weighted by Crippen LogP contribution is -2.21. The largest absolute Gasteiger partial charge is 0.489 e. The van der Waals surface area contributed by atoms with Crippen LogP contribution in [0.3, 0.4) is 0 Å². The molecule has 0 saturated carbocycles. The van der Waals surface area contributed by atoms with Gasteiger partial charge in [0.2, 0.25) is 5.95 Å². The van der Waals surface area contributed by atoms with Crippen molar-refractivity contribution in [3.8, 4) is 29.2 Å². The van der Waals surface area contributed by atoms with E-state index >= 15 is 0 Å². The van der Waals surface area contributed by atoms with Crippen LogP contribution in [0.25, 0.3) is 22.0 Å². The Balaban J connectivity index is 1.49. The number of nitrogens with zero attached hydrogens (tertiary/aromatic N) is 5. The molecular formula is C25H23ClN6O. The molecule has 1 aliphatic rings. The Morgan fingerprint density at radius 3 is 2.76 bits per heavy atom. The molecule has 1 atom stereocenters. The van der Waals surface area contributed by atoms with Crippen molar-refractivity contribution in [1.29, 1.82) is 0 Å². The fraction of sp³-hybridized carbons (Fsp3) is 0.240. The molecule has 0 bridgehead atoms. The minimum absolute atomic E-state index is 0.160. The van der Waals surface area contributed by atoms with Crippen molar-refractivity contribution < 1.29 is 4.74 Å². The van der Waals surface area contributed by atoms with E-state index in [-0.39, 0.29) is 6.10 Å². The van der Waals surface area contributed by atoms with Crippen LogP contribution in [0.15, 0.2) is 48.9 Å². The van der Waals surface area contributed by atoms with E-state index in [1.165, 1.54) is 0 Å². The van der Waals surface area contributed by atoms with Gasteiger partial charge in [0, 0.05) is 60.8 Å². The number of likely N-dealkylation sites (N-methyl/N-ethyl adjacent to an activating group) is 1. The van der Waals surface area contributed by atoms with E-state index in [4.69, 9.17) is 22.8 Å². The standard InChI is InChI=1S/C25H23ClN6O/c1-4-16-7-18-12-27-25(30-24(18)23(26)8-16)29-20-9-17(19-13-28-32(3)14-19)10-22(11-20)33-21-5-6-31(2)15-21/h1,7-14,21H,5-6,15H2,2-3H3,(H,27,29,30)/t21-/m1/s1. The maximum atomic E-state index is 6.41. The first-order chi connectivity index (χ1) is 16.0. The Labute approximate surface area is 197 Å². The van der Waals surface area contributed by atoms with Crippen molar-refractivity contribution >= 4 is 34.1 Å². The van der Waals surface area contributed by atoms with Gasteiger partial charge in [0.15, 0.2) is 0 Å². The zero-order valence-electron chi connectivity index (χ0n) is 18.4. The number of nitrogens with one attached hydrogen (secondary N) is 1. The lowest BCUT2D eigenvalue weighted by molar-refractivity contribution is 0.208. The molecule has 3 heterocycles. The predicted molar refractivity (Wildman–Crippen MR) is 131 cm³/mol. The van der Waals surface area contributed by atoms with E-state index in [1.54, 1.807) is 16.9 Å². The number of anilines is 2. The molecule has 0 amide bonds. The SMILES string of the molecule is C#Cc1cc(Cl)c2nc(Nc3cc(O[C@@H]4CCN(C)C4)cc(-c4cnn(C)c4)c3)ncc2c1. The van der Waals surface area contributed by atoms with Crippen LogP contribution in [0.5, 0.6) is 5.75 Å². The summed E-state index contributed by atoms with van der Waals surface area (Å²) >= 11 is 6.41. The third-order valence-corrected chi connectivity index (χ3v) is 5.94. The number of aromatic nitrogens is 4. The van der Waals surface area contributed by atoms with Crippen LogP contribution in [0.2, 0.25) is 5.02 Å². The average Bonchev–Trinajstić information content (AvgIpc) is 3.41. The Morgan fingerprint density at radius 1 is 1.15 bits per heavy atom. The summed E-state index contributed by atoms with van der Waals surface area (Å²) in [4.78, 5) is 11.3. The van der Waals surface area contributed by atoms with Gasteiger partial charge < -0.3 is 15.0 Å². The number of benzene rings is 2. The molecule has 1 fully saturated rings. The number of fused-ring (bicyclic) bond motifs is 1. The van der Waals surface area contributed by atoms with Crippen molar-refractivity contribution in [2.24, 2.45) is 7.05 Å². The third kappa shape index (κ3) is 4.63. The molecule has 7 nitrogen and oxygen atoms in total. The van der Waals surface area contributed by atoms with Crippen molar-refractivity contribution in [3.63, 3.8) is 0 Å². The summed E-state index contributed by atoms with van der Waals surface area (Å²) in [6, 6.07) is 9.61. The highest BCUT2D eigenvalue weighted by Gasteiger charge is 2.21. The van der Waals surface area contributed by atoms with Gasteiger partial charge in [-0.2, -0.15) is 5.10 Å². The maximum absolute atomic E-state index is 6.41. The van der Waals surface area contributed by atoms with E-state index in [0.29, 0.717) is 22.1 Å². The van der Waals surface area contributed by atoms with Gasteiger partial charge in [-0.05, 0) is 43.3 Å². The van der Waals surface area contributed by atoms with Crippen LogP contribution in [0.1, 0.15) is 12.0 Å². The molecular weight excluding hydrogens is 436 g/mol. The van der Waals surface area contributed by atoms with Crippen LogP contribution in [0, 0.1) is 12.3 Å². The minimum Gasteiger partial charge on any atom is -0.489 e. The first-order valence-electron chi connectivity index (χ1n) is 10.7. The van der Waals surface area contributed by atoms with Crippen LogP contribution in [0.4, 0.5) is 11.6 Å². The minimum atomic E-state index is 0.160. The molecule has 1 saturated heterocycles. The molecule has 5 rings (SSSR count). The van der Waals surface area contributed by atoms with Gasteiger partial charge in [0.25, 0.3) is 0 Å². The lowest BCUT2D eigenvalue weighted by Gasteiger charge is -2.16. The normalized spacial score (nSPS) is 16.1. The fourth-order valence-corrected chi connectivity index (χ4v) is 4.30. The van der Waals surface area contributed by atoms with Crippen molar-refractivity contribution in [3.05, 3.63) is 59.5 Å². The highest BCUT2D eigenvalue weighted by atomic mass is 35.5. The van der Waals surface area contributed by atoms with Gasteiger partial charge >= 0.3 is 0 Å². The van der Waals surface area contributed by atoms with Gasteiger partial charge in [0.1, 0.15) is 11.9 Å². The van der Waals surface area contributed by atoms with Gasteiger partial charge in [-0.15, -0.1) is 6.42 Å². The van der Waals surface area contributed by atoms with E-state index < -0.39 is 0 Å². The third-order valence-electron chi connectivity index (χ3n) is 5.65. The summed E-state index contributed by atoms with van der Waals surface area (Å²) in [6.45, 7) is 1.94. The molecule has 2 aromatic carbocycles. The highest BCUT2D eigenvalue weighted by Crippen LogP contribution is 2.32. The number of hydrogen-bond acceptors (Lipinski definition) is 6. The van der Waals surface area contributed by atoms with Gasteiger partial charge in [-0.25, -0.2) is 9.97 Å². The van der Waals surface area contributed by atoms with Crippen molar-refractivity contribution in [1.82, 2.24) is 24.6 Å². The number of rotatable bonds is 5. The summed E-state index contributed by atoms with van der Waals surface area (Å²) < 4.78 is 8.10. The molecule has 8 heteroatoms. The maximum Gasteiger partial charge on any atom is 0.227 e. The number of hydrogen-bond donors (Lipinski definition) is 1. The van der Waals surface area contributed by atoms with E-state index in [9.17, 15) is 0 Å². The quantitative estimate of drug-likeness (QED) is 0.444. The van der Waals surface area contributed by atoms with Gasteiger partial charge in [-0.3, -0.25) is 4.68 Å². The van der Waals surface area contributed by atoms with Gasteiger partial charge in [0.05, 0.1) is 16.7 Å². The second-order valence-electron chi connectivity index (χ2n) is 8.30. The average molecular weight is 459 g/mol. The Kier molecular flexibility index (Phi) is 5.63. The number of halogens is 1. The van der Waals surface area contributed by atoms with Crippen LogP contribution < -0.4 is 10.1 Å². The molecule has 0 unspecified atom stereocenters. The number of likely N-dealkylation sites (tertiary alicyclic amines) is 1. The zero-order valence-corrected chi connectivity index (χ0v) is 19.2. The van der Waals surface area contributed by atoms with Gasteiger partial charge in [-0.1, -0.05) is 17.5 Å². The predicted octanol–water partition coefficient (Wildman–Crippen LogP) is 4.49. The molecule has 0 spiro atoms. The van der Waals surface area contributed by atoms with E-state index in [1.807, 2.05) is 43.7 Å². The molecule has 1 N–H and O–H groups in total. The van der Waals surface area contributed by atoms with Crippen molar-refractivity contribution in [2.45, 2.75) is 12.5 Å². The molecule has 4 aromatic rings. The summed E-state index contributed by atoms with van der Waals surface area (Å²) in [5.74, 6) is 3.82. The van der Waals surface area contributed by atoms with E-state index in [0.717, 1.165) is 47.5 Å². The molecule has 2 aromatic heterocycles. The summed E-state index contributed by atoms with van der Waals surface area (Å²) in [6.07, 6.45) is 12.2. The molecule has 33 heavy (non-hydrogen) atoms. The molecule has 0 aliphatic carbocycles. The molecule has 0 radical (unpaired) electrons. The Morgan fingerprint density at radius 2 is 2.03 bits per heavy atom. The van der Waals surface area contributed by atoms with Crippen LogP contribution >= 0.6 is 11.6 Å². The Bertz CT molecular complexity index is 1380. The number of terminal acetylenes is 1. The first kappa shape index (κ1) is 21.3. The Hall–Kier alpha value is -3.60. The van der Waals surface area contributed by atoms with Crippen LogP contribution in [-0.4, -0.2) is 50.9 Å². The summed E-state index contributed by atoms with van der Waals surface area (Å²) in [5, 5.41) is 8.89. The number of ether oxygens (including phenoxy) is 1. The van der Waals surface area contributed by atoms with Crippen molar-refractivity contribution in [2.75, 3.05) is 25.5 Å². The smallest absolute Gasteiger partial charge is 0.227 e. The second-order valence-corrected chi connectivity index (χ2v) is 8.71. The van der Waals surface area contributed by atoms with E-state index in [2.05, 4.69) is 38.3 Å². The summed E-state index contributed by atoms with van der Waals surface area (Å²) in [7, 11) is 4.01. The zero-order chi connectivity index (χ0) is 22.9. The second kappa shape index (κ2) is 8.74. The summed E-state index contributed by atoms with van der Waals surface area (Å²) in [5.41, 5.74) is 4.14. The highest BCUT2D eigenvalue weighted by molar-refractivity contribution is 6.35. The van der Waals surface area contributed by atoms with Crippen LogP contribution in [-0.2, 0) is 7.05 Å². The fourth-order valence-electron chi connectivity index (χ4n) is 4.03. The topological polar surface area (TPSA) is 68.1 Å². The first-order valence-corrected chi connectivity index (χ1v) is 11.0. The molecule has 166 valence electrons. The monoisotopic (exact) mass is 458 g/mol. The molecule has 1 aliphatic heterocycles. The lowest BCUT2D eigenvalue weighted by atomic mass is 10.1.